The van der Waals surface area contributed by atoms with Crippen molar-refractivity contribution in [3.63, 3.8) is 0 Å². The number of hydrogen-bond acceptors (Lipinski definition) is 2. The van der Waals surface area contributed by atoms with E-state index in [4.69, 9.17) is 0 Å². The normalized spacial score (nSPS) is 11.8. The Labute approximate surface area is 51.2 Å². The summed E-state index contributed by atoms with van der Waals surface area (Å²) in [7, 11) is 3.88. The van der Waals surface area contributed by atoms with Crippen molar-refractivity contribution in [3.05, 3.63) is 11.8 Å². The zero-order valence-electron chi connectivity index (χ0n) is 6.02. The van der Waals surface area contributed by atoms with Crippen LogP contribution in [-0.2, 0) is 0 Å². The smallest absolute Gasteiger partial charge is 0.0228 e. The molecule has 0 atom stereocenters. The van der Waals surface area contributed by atoms with E-state index in [1.165, 1.54) is 5.70 Å². The Morgan fingerprint density at radius 2 is 2.12 bits per heavy atom. The van der Waals surface area contributed by atoms with Gasteiger partial charge in [-0.1, -0.05) is 6.08 Å². The monoisotopic (exact) mass is 114 g/mol. The van der Waals surface area contributed by atoms with E-state index >= 15 is 0 Å². The summed E-state index contributed by atoms with van der Waals surface area (Å²) in [5.41, 5.74) is 4.21. The van der Waals surface area contributed by atoms with Crippen molar-refractivity contribution in [3.8, 4) is 0 Å². The Hall–Kier alpha value is -0.500. The second-order valence-electron chi connectivity index (χ2n) is 1.71. The summed E-state index contributed by atoms with van der Waals surface area (Å²) in [6.45, 7) is 4.07. The molecule has 0 unspecified atom stereocenters. The third kappa shape index (κ3) is 1.98. The number of nitrogens with one attached hydrogen (secondary N) is 1. The fourth-order valence-corrected chi connectivity index (χ4v) is 0.370. The summed E-state index contributed by atoms with van der Waals surface area (Å²) in [6, 6.07) is 0. The first-order valence-corrected chi connectivity index (χ1v) is 2.76. The quantitative estimate of drug-likeness (QED) is 0.538. The molecule has 0 radical (unpaired) electrons. The SMILES string of the molecule is C/C=C(\C)N(C)NC. The molecule has 0 saturated heterocycles. The van der Waals surface area contributed by atoms with Gasteiger partial charge in [0.1, 0.15) is 0 Å². The van der Waals surface area contributed by atoms with E-state index in [1.807, 2.05) is 26.0 Å². The van der Waals surface area contributed by atoms with E-state index in [2.05, 4.69) is 18.4 Å². The summed E-state index contributed by atoms with van der Waals surface area (Å²) >= 11 is 0. The summed E-state index contributed by atoms with van der Waals surface area (Å²) in [6.07, 6.45) is 2.05. The zero-order chi connectivity index (χ0) is 6.57. The van der Waals surface area contributed by atoms with Gasteiger partial charge in [0.25, 0.3) is 0 Å². The van der Waals surface area contributed by atoms with E-state index in [-0.39, 0.29) is 0 Å². The predicted molar refractivity (Wildman–Crippen MR) is 36.3 cm³/mol. The fourth-order valence-electron chi connectivity index (χ4n) is 0.370. The van der Waals surface area contributed by atoms with Crippen LogP contribution in [0.2, 0.25) is 0 Å². The summed E-state index contributed by atoms with van der Waals surface area (Å²) in [5, 5.41) is 1.96. The van der Waals surface area contributed by atoms with Crippen LogP contribution >= 0.6 is 0 Å². The highest BCUT2D eigenvalue weighted by molar-refractivity contribution is 4.91. The minimum absolute atomic E-state index is 1.23. The van der Waals surface area contributed by atoms with Crippen LogP contribution in [0.25, 0.3) is 0 Å². The lowest BCUT2D eigenvalue weighted by Crippen LogP contribution is -2.28. The van der Waals surface area contributed by atoms with Crippen LogP contribution < -0.4 is 5.43 Å². The van der Waals surface area contributed by atoms with E-state index in [1.54, 1.807) is 0 Å². The maximum atomic E-state index is 2.98. The van der Waals surface area contributed by atoms with Gasteiger partial charge in [-0.2, -0.15) is 0 Å². The Morgan fingerprint density at radius 1 is 1.62 bits per heavy atom. The highest BCUT2D eigenvalue weighted by Crippen LogP contribution is 1.92. The van der Waals surface area contributed by atoms with Gasteiger partial charge in [-0.25, -0.2) is 5.43 Å². The van der Waals surface area contributed by atoms with Gasteiger partial charge in [0.05, 0.1) is 0 Å². The molecule has 0 fully saturated rings. The van der Waals surface area contributed by atoms with Crippen LogP contribution in [0.1, 0.15) is 13.8 Å². The van der Waals surface area contributed by atoms with Gasteiger partial charge >= 0.3 is 0 Å². The average molecular weight is 114 g/mol. The molecule has 0 rings (SSSR count). The molecule has 0 aliphatic heterocycles. The van der Waals surface area contributed by atoms with Crippen molar-refractivity contribution in [2.75, 3.05) is 14.1 Å². The van der Waals surface area contributed by atoms with Gasteiger partial charge in [-0.3, -0.25) is 0 Å². The largest absolute Gasteiger partial charge is 0.316 e. The molecule has 2 heteroatoms. The third-order valence-corrected chi connectivity index (χ3v) is 1.28. The van der Waals surface area contributed by atoms with Crippen molar-refractivity contribution in [2.45, 2.75) is 13.8 Å². The van der Waals surface area contributed by atoms with E-state index < -0.39 is 0 Å². The zero-order valence-corrected chi connectivity index (χ0v) is 6.02. The number of nitrogens with zero attached hydrogens (tertiary/aromatic N) is 1. The molecular formula is C6H14N2. The van der Waals surface area contributed by atoms with E-state index in [9.17, 15) is 0 Å². The van der Waals surface area contributed by atoms with Crippen LogP contribution in [0.4, 0.5) is 0 Å². The summed E-state index contributed by atoms with van der Waals surface area (Å²) in [5.74, 6) is 0. The van der Waals surface area contributed by atoms with E-state index in [0.29, 0.717) is 0 Å². The summed E-state index contributed by atoms with van der Waals surface area (Å²) in [4.78, 5) is 0. The molecule has 0 aromatic rings. The molecule has 0 bridgehead atoms. The van der Waals surface area contributed by atoms with E-state index in [0.717, 1.165) is 0 Å². The maximum absolute atomic E-state index is 2.98. The Morgan fingerprint density at radius 3 is 2.25 bits per heavy atom. The van der Waals surface area contributed by atoms with Crippen molar-refractivity contribution in [1.29, 1.82) is 0 Å². The van der Waals surface area contributed by atoms with Crippen LogP contribution in [0.15, 0.2) is 11.8 Å². The van der Waals surface area contributed by atoms with Gasteiger partial charge in [-0.05, 0) is 13.8 Å². The Balaban J connectivity index is 3.63. The molecule has 8 heavy (non-hydrogen) atoms. The lowest BCUT2D eigenvalue weighted by molar-refractivity contribution is 0.333. The molecule has 0 saturated carbocycles. The van der Waals surface area contributed by atoms with Crippen molar-refractivity contribution in [1.82, 2.24) is 10.4 Å². The molecule has 0 aliphatic rings. The molecule has 0 amide bonds. The number of hydrazine groups is 1. The maximum Gasteiger partial charge on any atom is 0.0228 e. The number of allylic oxidation sites excluding steroid dienone is 2. The van der Waals surface area contributed by atoms with Gasteiger partial charge in [0.2, 0.25) is 0 Å². The van der Waals surface area contributed by atoms with Crippen LogP contribution in [0, 0.1) is 0 Å². The van der Waals surface area contributed by atoms with Crippen molar-refractivity contribution >= 4 is 0 Å². The Bertz CT molecular complexity index is 86.5. The first-order chi connectivity index (χ1) is 3.72. The lowest BCUT2D eigenvalue weighted by atomic mass is 10.4. The Kier molecular flexibility index (Phi) is 3.28. The number of rotatable bonds is 2. The number of hydrogen-bond donors (Lipinski definition) is 1. The minimum Gasteiger partial charge on any atom is -0.316 e. The third-order valence-electron chi connectivity index (χ3n) is 1.28. The van der Waals surface area contributed by atoms with Crippen LogP contribution in [0.3, 0.4) is 0 Å². The molecule has 2 nitrogen and oxygen atoms in total. The topological polar surface area (TPSA) is 15.3 Å². The van der Waals surface area contributed by atoms with Crippen LogP contribution in [0.5, 0.6) is 0 Å². The highest BCUT2D eigenvalue weighted by atomic mass is 15.5. The first kappa shape index (κ1) is 7.50. The molecule has 0 spiro atoms. The minimum atomic E-state index is 1.23. The second-order valence-corrected chi connectivity index (χ2v) is 1.71. The standard InChI is InChI=1S/C6H14N2/c1-5-6(2)8(4)7-3/h5,7H,1-4H3/b6-5+. The van der Waals surface area contributed by atoms with Crippen molar-refractivity contribution < 1.29 is 0 Å². The molecular weight excluding hydrogens is 100 g/mol. The summed E-state index contributed by atoms with van der Waals surface area (Å²) < 4.78 is 0. The molecule has 1 N–H and O–H groups in total. The van der Waals surface area contributed by atoms with Gasteiger partial charge in [-0.15, -0.1) is 0 Å². The predicted octanol–water partition coefficient (Wildman–Crippen LogP) is 0.976. The first-order valence-electron chi connectivity index (χ1n) is 2.76. The van der Waals surface area contributed by atoms with Gasteiger partial charge in [0.15, 0.2) is 0 Å². The molecule has 0 aromatic carbocycles. The highest BCUT2D eigenvalue weighted by Gasteiger charge is 1.88. The fraction of sp³-hybridized carbons (Fsp3) is 0.667. The van der Waals surface area contributed by atoms with Crippen molar-refractivity contribution in [2.24, 2.45) is 0 Å². The molecule has 0 aliphatic carbocycles. The van der Waals surface area contributed by atoms with Gasteiger partial charge in [0, 0.05) is 19.8 Å². The lowest BCUT2D eigenvalue weighted by Gasteiger charge is -2.16. The molecule has 0 heterocycles. The average Bonchev–Trinajstić information content (AvgIpc) is 1.84. The van der Waals surface area contributed by atoms with Gasteiger partial charge < -0.3 is 5.01 Å². The van der Waals surface area contributed by atoms with Crippen LogP contribution in [-0.4, -0.2) is 19.1 Å². The molecule has 0 aromatic heterocycles. The molecule has 48 valence electrons. The second kappa shape index (κ2) is 3.50.